The van der Waals surface area contributed by atoms with Crippen LogP contribution in [-0.2, 0) is 6.42 Å². The number of benzene rings is 1. The Morgan fingerprint density at radius 1 is 1.27 bits per heavy atom. The molecule has 1 N–H and O–H groups in total. The smallest absolute Gasteiger partial charge is 0.259 e. The third-order valence-electron chi connectivity index (χ3n) is 3.26. The molecular formula is C16H15N5O. The summed E-state index contributed by atoms with van der Waals surface area (Å²) in [7, 11) is 0. The minimum atomic E-state index is -0.230. The number of nitrogens with one attached hydrogen (secondary N) is 1. The normalized spacial score (nSPS) is 10.4. The average Bonchev–Trinajstić information content (AvgIpc) is 3.09. The Labute approximate surface area is 127 Å². The molecule has 2 aromatic heterocycles. The molecule has 0 unspecified atom stereocenters. The third-order valence-corrected chi connectivity index (χ3v) is 3.26. The summed E-state index contributed by atoms with van der Waals surface area (Å²) in [6, 6.07) is 11.2. The van der Waals surface area contributed by atoms with Crippen molar-refractivity contribution in [3.63, 3.8) is 0 Å². The Balaban J connectivity index is 1.89. The molecular weight excluding hydrogens is 278 g/mol. The van der Waals surface area contributed by atoms with E-state index in [9.17, 15) is 4.79 Å². The number of hydrogen-bond donors (Lipinski definition) is 1. The standard InChI is InChI=1S/C16H15N5O/c1-2-12-5-3-6-13(9-12)20-16(22)14-7-4-8-18-15(14)21-11-17-10-19-21/h3-11H,2H2,1H3,(H,20,22). The van der Waals surface area contributed by atoms with Crippen molar-refractivity contribution in [1.82, 2.24) is 19.7 Å². The summed E-state index contributed by atoms with van der Waals surface area (Å²) in [6.45, 7) is 2.07. The van der Waals surface area contributed by atoms with Gasteiger partial charge in [-0.25, -0.2) is 14.6 Å². The predicted octanol–water partition coefficient (Wildman–Crippen LogP) is 2.48. The molecule has 6 nitrogen and oxygen atoms in total. The molecule has 2 heterocycles. The van der Waals surface area contributed by atoms with Gasteiger partial charge in [-0.05, 0) is 36.2 Å². The first kappa shape index (κ1) is 13.9. The highest BCUT2D eigenvalue weighted by Gasteiger charge is 2.14. The van der Waals surface area contributed by atoms with Crippen molar-refractivity contribution >= 4 is 11.6 Å². The van der Waals surface area contributed by atoms with Gasteiger partial charge in [-0.15, -0.1) is 0 Å². The Morgan fingerprint density at radius 2 is 2.18 bits per heavy atom. The summed E-state index contributed by atoms with van der Waals surface area (Å²) < 4.78 is 1.47. The highest BCUT2D eigenvalue weighted by atomic mass is 16.1. The number of aromatic nitrogens is 4. The maximum Gasteiger partial charge on any atom is 0.259 e. The number of amides is 1. The van der Waals surface area contributed by atoms with Crippen LogP contribution in [0.5, 0.6) is 0 Å². The molecule has 0 aliphatic rings. The summed E-state index contributed by atoms with van der Waals surface area (Å²) in [5.41, 5.74) is 2.37. The van der Waals surface area contributed by atoms with Crippen LogP contribution in [0.4, 0.5) is 5.69 Å². The first-order valence-corrected chi connectivity index (χ1v) is 6.98. The predicted molar refractivity (Wildman–Crippen MR) is 82.9 cm³/mol. The third kappa shape index (κ3) is 2.85. The van der Waals surface area contributed by atoms with Crippen molar-refractivity contribution in [2.45, 2.75) is 13.3 Å². The van der Waals surface area contributed by atoms with Crippen LogP contribution < -0.4 is 5.32 Å². The molecule has 1 amide bonds. The molecule has 0 radical (unpaired) electrons. The Morgan fingerprint density at radius 3 is 2.95 bits per heavy atom. The molecule has 1 aromatic carbocycles. The molecule has 110 valence electrons. The van der Waals surface area contributed by atoms with E-state index >= 15 is 0 Å². The molecule has 0 saturated heterocycles. The van der Waals surface area contributed by atoms with Crippen molar-refractivity contribution in [3.05, 3.63) is 66.4 Å². The summed E-state index contributed by atoms with van der Waals surface area (Å²) >= 11 is 0. The van der Waals surface area contributed by atoms with Crippen LogP contribution in [0.1, 0.15) is 22.8 Å². The van der Waals surface area contributed by atoms with Crippen molar-refractivity contribution < 1.29 is 4.79 Å². The topological polar surface area (TPSA) is 72.7 Å². The minimum absolute atomic E-state index is 0.230. The van der Waals surface area contributed by atoms with Crippen LogP contribution in [0.3, 0.4) is 0 Å². The van der Waals surface area contributed by atoms with Gasteiger partial charge in [-0.3, -0.25) is 4.79 Å². The zero-order valence-corrected chi connectivity index (χ0v) is 12.1. The van der Waals surface area contributed by atoms with Gasteiger partial charge < -0.3 is 5.32 Å². The lowest BCUT2D eigenvalue weighted by molar-refractivity contribution is 0.102. The van der Waals surface area contributed by atoms with Crippen LogP contribution >= 0.6 is 0 Å². The van der Waals surface area contributed by atoms with Gasteiger partial charge >= 0.3 is 0 Å². The fourth-order valence-corrected chi connectivity index (χ4v) is 2.14. The number of carbonyl (C=O) groups is 1. The van der Waals surface area contributed by atoms with E-state index < -0.39 is 0 Å². The lowest BCUT2D eigenvalue weighted by Crippen LogP contribution is -2.16. The van der Waals surface area contributed by atoms with Gasteiger partial charge in [0.2, 0.25) is 0 Å². The maximum absolute atomic E-state index is 12.5. The van der Waals surface area contributed by atoms with E-state index in [4.69, 9.17) is 0 Å². The number of anilines is 1. The SMILES string of the molecule is CCc1cccc(NC(=O)c2cccnc2-n2cncn2)c1. The second-order valence-electron chi connectivity index (χ2n) is 4.72. The van der Waals surface area contributed by atoms with Gasteiger partial charge in [-0.2, -0.15) is 5.10 Å². The molecule has 0 aliphatic carbocycles. The molecule has 3 aromatic rings. The lowest BCUT2D eigenvalue weighted by atomic mass is 10.1. The van der Waals surface area contributed by atoms with Crippen molar-refractivity contribution in [2.75, 3.05) is 5.32 Å². The molecule has 0 bridgehead atoms. The molecule has 6 heteroatoms. The number of aryl methyl sites for hydroxylation is 1. The van der Waals surface area contributed by atoms with Crippen LogP contribution in [0.25, 0.3) is 5.82 Å². The monoisotopic (exact) mass is 293 g/mol. The Hall–Kier alpha value is -3.02. The largest absolute Gasteiger partial charge is 0.322 e. The van der Waals surface area contributed by atoms with Gasteiger partial charge in [0, 0.05) is 11.9 Å². The number of hydrogen-bond acceptors (Lipinski definition) is 4. The lowest BCUT2D eigenvalue weighted by Gasteiger charge is -2.09. The number of carbonyl (C=O) groups excluding carboxylic acids is 1. The minimum Gasteiger partial charge on any atom is -0.322 e. The Bertz CT molecular complexity index is 783. The molecule has 0 fully saturated rings. The van der Waals surface area contributed by atoms with Crippen LogP contribution in [0.15, 0.2) is 55.2 Å². The average molecular weight is 293 g/mol. The van der Waals surface area contributed by atoms with E-state index in [1.54, 1.807) is 18.3 Å². The van der Waals surface area contributed by atoms with Gasteiger partial charge in [0.15, 0.2) is 5.82 Å². The van der Waals surface area contributed by atoms with E-state index in [2.05, 4.69) is 27.3 Å². The zero-order chi connectivity index (χ0) is 15.4. The van der Waals surface area contributed by atoms with Gasteiger partial charge in [0.25, 0.3) is 5.91 Å². The van der Waals surface area contributed by atoms with Crippen molar-refractivity contribution in [2.24, 2.45) is 0 Å². The fourth-order valence-electron chi connectivity index (χ4n) is 2.14. The van der Waals surface area contributed by atoms with E-state index in [1.165, 1.54) is 22.9 Å². The zero-order valence-electron chi connectivity index (χ0n) is 12.1. The second-order valence-corrected chi connectivity index (χ2v) is 4.72. The Kier molecular flexibility index (Phi) is 3.91. The maximum atomic E-state index is 12.5. The van der Waals surface area contributed by atoms with Crippen LogP contribution in [0, 0.1) is 0 Å². The van der Waals surface area contributed by atoms with Crippen LogP contribution in [-0.4, -0.2) is 25.7 Å². The van der Waals surface area contributed by atoms with Crippen molar-refractivity contribution in [3.8, 4) is 5.82 Å². The fraction of sp³-hybridized carbons (Fsp3) is 0.125. The van der Waals surface area contributed by atoms with E-state index in [-0.39, 0.29) is 5.91 Å². The molecule has 0 spiro atoms. The van der Waals surface area contributed by atoms with Gasteiger partial charge in [-0.1, -0.05) is 19.1 Å². The summed E-state index contributed by atoms with van der Waals surface area (Å²) in [5.74, 6) is 0.219. The van der Waals surface area contributed by atoms with Gasteiger partial charge in [0.1, 0.15) is 12.7 Å². The number of rotatable bonds is 4. The molecule has 3 rings (SSSR count). The summed E-state index contributed by atoms with van der Waals surface area (Å²) in [5, 5.41) is 6.92. The quantitative estimate of drug-likeness (QED) is 0.802. The van der Waals surface area contributed by atoms with Crippen molar-refractivity contribution in [1.29, 1.82) is 0 Å². The second kappa shape index (κ2) is 6.17. The first-order chi connectivity index (χ1) is 10.8. The molecule has 22 heavy (non-hydrogen) atoms. The molecule has 0 aliphatic heterocycles. The first-order valence-electron chi connectivity index (χ1n) is 6.98. The summed E-state index contributed by atoms with van der Waals surface area (Å²) in [6.07, 6.45) is 5.45. The van der Waals surface area contributed by atoms with E-state index in [0.717, 1.165) is 12.1 Å². The summed E-state index contributed by atoms with van der Waals surface area (Å²) in [4.78, 5) is 20.6. The number of pyridine rings is 1. The van der Waals surface area contributed by atoms with Gasteiger partial charge in [0.05, 0.1) is 5.56 Å². The number of nitrogens with zero attached hydrogens (tertiary/aromatic N) is 4. The van der Waals surface area contributed by atoms with Crippen LogP contribution in [0.2, 0.25) is 0 Å². The highest BCUT2D eigenvalue weighted by molar-refractivity contribution is 6.06. The molecule has 0 saturated carbocycles. The van der Waals surface area contributed by atoms with E-state index in [0.29, 0.717) is 11.4 Å². The van der Waals surface area contributed by atoms with E-state index in [1.807, 2.05) is 24.3 Å². The molecule has 0 atom stereocenters. The highest BCUT2D eigenvalue weighted by Crippen LogP contribution is 2.15.